The van der Waals surface area contributed by atoms with Gasteiger partial charge in [-0.05, 0) is 44.6 Å². The molecule has 0 aromatic heterocycles. The maximum atomic E-state index is 13.0. The number of anilines is 1. The highest BCUT2D eigenvalue weighted by atomic mass is 19.1. The largest absolute Gasteiger partial charge is 0.381 e. The third kappa shape index (κ3) is 2.48. The minimum atomic E-state index is -0.172. The van der Waals surface area contributed by atoms with E-state index in [0.717, 1.165) is 30.8 Å². The molecule has 1 aliphatic rings. The summed E-state index contributed by atoms with van der Waals surface area (Å²) in [5.74, 6) is -0.172. The molecule has 0 radical (unpaired) electrons. The van der Waals surface area contributed by atoms with E-state index in [1.165, 1.54) is 6.07 Å². The van der Waals surface area contributed by atoms with Crippen molar-refractivity contribution in [3.05, 3.63) is 29.6 Å². The van der Waals surface area contributed by atoms with Gasteiger partial charge in [-0.2, -0.15) is 0 Å². The second kappa shape index (κ2) is 4.19. The Morgan fingerprint density at radius 2 is 2.27 bits per heavy atom. The number of likely N-dealkylation sites (N-methyl/N-ethyl adjacent to an activating group) is 1. The summed E-state index contributed by atoms with van der Waals surface area (Å²) >= 11 is 0. The van der Waals surface area contributed by atoms with E-state index in [1.807, 2.05) is 13.0 Å². The minimum Gasteiger partial charge on any atom is -0.381 e. The van der Waals surface area contributed by atoms with E-state index in [9.17, 15) is 4.39 Å². The Hall–Kier alpha value is -1.09. The predicted octanol–water partition coefficient (Wildman–Crippen LogP) is 2.25. The fourth-order valence-corrected chi connectivity index (χ4v) is 2.02. The Morgan fingerprint density at radius 1 is 1.47 bits per heavy atom. The van der Waals surface area contributed by atoms with Gasteiger partial charge in [-0.25, -0.2) is 4.39 Å². The summed E-state index contributed by atoms with van der Waals surface area (Å²) in [5.41, 5.74) is 2.03. The van der Waals surface area contributed by atoms with Gasteiger partial charge in [0.2, 0.25) is 0 Å². The Balaban J connectivity index is 2.07. The number of halogens is 1. The topological polar surface area (TPSA) is 15.3 Å². The lowest BCUT2D eigenvalue weighted by Crippen LogP contribution is -2.23. The Kier molecular flexibility index (Phi) is 2.91. The molecule has 1 N–H and O–H groups in total. The Bertz CT molecular complexity index is 351. The van der Waals surface area contributed by atoms with Gasteiger partial charge in [0.25, 0.3) is 0 Å². The van der Waals surface area contributed by atoms with Crippen molar-refractivity contribution >= 4 is 5.69 Å². The van der Waals surface area contributed by atoms with Gasteiger partial charge in [0.15, 0.2) is 0 Å². The molecule has 82 valence electrons. The monoisotopic (exact) mass is 208 g/mol. The van der Waals surface area contributed by atoms with Crippen LogP contribution in [0.5, 0.6) is 0 Å². The number of benzene rings is 1. The van der Waals surface area contributed by atoms with Crippen LogP contribution in [0.1, 0.15) is 12.0 Å². The average Bonchev–Trinajstić information content (AvgIpc) is 2.58. The van der Waals surface area contributed by atoms with Gasteiger partial charge < -0.3 is 10.2 Å². The van der Waals surface area contributed by atoms with Crippen molar-refractivity contribution in [2.24, 2.45) is 0 Å². The molecule has 1 heterocycles. The molecule has 1 aromatic carbocycles. The number of hydrogen-bond acceptors (Lipinski definition) is 2. The standard InChI is InChI=1S/C12H17FN2/c1-9-3-4-10(13)7-12(9)14-11-5-6-15(2)8-11/h3-4,7,11,14H,5-6,8H2,1-2H3. The Labute approximate surface area is 90.1 Å². The van der Waals surface area contributed by atoms with E-state index in [-0.39, 0.29) is 5.82 Å². The van der Waals surface area contributed by atoms with Crippen LogP contribution in [0.4, 0.5) is 10.1 Å². The first-order valence-electron chi connectivity index (χ1n) is 5.36. The number of nitrogens with zero attached hydrogens (tertiary/aromatic N) is 1. The minimum absolute atomic E-state index is 0.172. The summed E-state index contributed by atoms with van der Waals surface area (Å²) in [6, 6.07) is 5.35. The SMILES string of the molecule is Cc1ccc(F)cc1NC1CCN(C)C1. The van der Waals surface area contributed by atoms with Crippen LogP contribution in [0, 0.1) is 12.7 Å². The van der Waals surface area contributed by atoms with Crippen LogP contribution < -0.4 is 5.32 Å². The lowest BCUT2D eigenvalue weighted by atomic mass is 10.1. The van der Waals surface area contributed by atoms with E-state index in [1.54, 1.807) is 6.07 Å². The third-order valence-electron chi connectivity index (χ3n) is 2.95. The van der Waals surface area contributed by atoms with Crippen LogP contribution in [0.25, 0.3) is 0 Å². The molecule has 0 amide bonds. The fraction of sp³-hybridized carbons (Fsp3) is 0.500. The predicted molar refractivity (Wildman–Crippen MR) is 60.7 cm³/mol. The summed E-state index contributed by atoms with van der Waals surface area (Å²) < 4.78 is 13.0. The van der Waals surface area contributed by atoms with Gasteiger partial charge in [-0.15, -0.1) is 0 Å². The van der Waals surface area contributed by atoms with E-state index < -0.39 is 0 Å². The molecule has 0 bridgehead atoms. The molecule has 15 heavy (non-hydrogen) atoms. The van der Waals surface area contributed by atoms with Crippen molar-refractivity contribution in [1.82, 2.24) is 4.90 Å². The first-order valence-corrected chi connectivity index (χ1v) is 5.36. The molecule has 1 unspecified atom stereocenters. The first kappa shape index (κ1) is 10.4. The first-order chi connectivity index (χ1) is 7.15. The van der Waals surface area contributed by atoms with E-state index in [2.05, 4.69) is 17.3 Å². The molecule has 1 saturated heterocycles. The molecule has 1 aromatic rings. The number of hydrogen-bond donors (Lipinski definition) is 1. The van der Waals surface area contributed by atoms with Gasteiger partial charge >= 0.3 is 0 Å². The molecule has 1 aliphatic heterocycles. The van der Waals surface area contributed by atoms with Crippen molar-refractivity contribution in [2.75, 3.05) is 25.5 Å². The van der Waals surface area contributed by atoms with E-state index in [4.69, 9.17) is 0 Å². The number of nitrogens with one attached hydrogen (secondary N) is 1. The van der Waals surface area contributed by atoms with Gasteiger partial charge in [0.1, 0.15) is 5.82 Å². The number of rotatable bonds is 2. The number of aryl methyl sites for hydroxylation is 1. The van der Waals surface area contributed by atoms with Crippen molar-refractivity contribution < 1.29 is 4.39 Å². The smallest absolute Gasteiger partial charge is 0.125 e. The van der Waals surface area contributed by atoms with E-state index >= 15 is 0 Å². The molecule has 3 heteroatoms. The maximum absolute atomic E-state index is 13.0. The highest BCUT2D eigenvalue weighted by molar-refractivity contribution is 5.51. The lowest BCUT2D eigenvalue weighted by Gasteiger charge is -2.16. The fourth-order valence-electron chi connectivity index (χ4n) is 2.02. The summed E-state index contributed by atoms with van der Waals surface area (Å²) in [4.78, 5) is 2.28. The zero-order valence-corrected chi connectivity index (χ0v) is 9.26. The lowest BCUT2D eigenvalue weighted by molar-refractivity contribution is 0.414. The zero-order chi connectivity index (χ0) is 10.8. The molecule has 2 nitrogen and oxygen atoms in total. The van der Waals surface area contributed by atoms with Gasteiger partial charge in [-0.3, -0.25) is 0 Å². The van der Waals surface area contributed by atoms with E-state index in [0.29, 0.717) is 6.04 Å². The molecule has 2 rings (SSSR count). The summed E-state index contributed by atoms with van der Waals surface area (Å²) in [6.45, 7) is 4.16. The quantitative estimate of drug-likeness (QED) is 0.802. The third-order valence-corrected chi connectivity index (χ3v) is 2.95. The highest BCUT2D eigenvalue weighted by Crippen LogP contribution is 2.19. The molecular weight excluding hydrogens is 191 g/mol. The van der Waals surface area contributed by atoms with Crippen LogP contribution in [-0.4, -0.2) is 31.1 Å². The second-order valence-corrected chi connectivity index (χ2v) is 4.35. The molecule has 0 spiro atoms. The maximum Gasteiger partial charge on any atom is 0.125 e. The van der Waals surface area contributed by atoms with Crippen LogP contribution in [0.2, 0.25) is 0 Å². The zero-order valence-electron chi connectivity index (χ0n) is 9.26. The normalized spacial score (nSPS) is 21.9. The van der Waals surface area contributed by atoms with Gasteiger partial charge in [-0.1, -0.05) is 6.07 Å². The summed E-state index contributed by atoms with van der Waals surface area (Å²) in [6.07, 6.45) is 1.13. The highest BCUT2D eigenvalue weighted by Gasteiger charge is 2.19. The van der Waals surface area contributed by atoms with Crippen LogP contribution in [0.3, 0.4) is 0 Å². The summed E-state index contributed by atoms with van der Waals surface area (Å²) in [5, 5.41) is 3.40. The van der Waals surface area contributed by atoms with Crippen molar-refractivity contribution in [3.8, 4) is 0 Å². The van der Waals surface area contributed by atoms with Gasteiger partial charge in [0.05, 0.1) is 0 Å². The molecule has 0 saturated carbocycles. The van der Waals surface area contributed by atoms with Crippen LogP contribution >= 0.6 is 0 Å². The molecule has 0 aliphatic carbocycles. The van der Waals surface area contributed by atoms with Gasteiger partial charge in [0, 0.05) is 18.3 Å². The van der Waals surface area contributed by atoms with Crippen molar-refractivity contribution in [1.29, 1.82) is 0 Å². The van der Waals surface area contributed by atoms with Crippen molar-refractivity contribution in [2.45, 2.75) is 19.4 Å². The second-order valence-electron chi connectivity index (χ2n) is 4.35. The summed E-state index contributed by atoms with van der Waals surface area (Å²) in [7, 11) is 2.11. The number of likely N-dealkylation sites (tertiary alicyclic amines) is 1. The Morgan fingerprint density at radius 3 is 2.93 bits per heavy atom. The molecular formula is C12H17FN2. The van der Waals surface area contributed by atoms with Crippen LogP contribution in [0.15, 0.2) is 18.2 Å². The van der Waals surface area contributed by atoms with Crippen molar-refractivity contribution in [3.63, 3.8) is 0 Å². The molecule has 1 fully saturated rings. The average molecular weight is 208 g/mol. The van der Waals surface area contributed by atoms with Crippen LogP contribution in [-0.2, 0) is 0 Å². The molecule has 1 atom stereocenters.